The maximum absolute atomic E-state index is 11.4. The summed E-state index contributed by atoms with van der Waals surface area (Å²) in [5.74, 6) is 1.48. The number of phenolic OH excluding ortho intramolecular Hbond substituents is 1. The van der Waals surface area contributed by atoms with Gasteiger partial charge in [0.05, 0.1) is 6.04 Å². The van der Waals surface area contributed by atoms with Crippen molar-refractivity contribution in [3.8, 4) is 5.75 Å². The van der Waals surface area contributed by atoms with Crippen LogP contribution in [0.5, 0.6) is 5.75 Å². The number of nitrogens with zero attached hydrogens (tertiary/aromatic N) is 4. The van der Waals surface area contributed by atoms with Gasteiger partial charge < -0.3 is 14.9 Å². The zero-order valence-corrected chi connectivity index (χ0v) is 23.9. The number of aromatic nitrogens is 1. The highest BCUT2D eigenvalue weighted by molar-refractivity contribution is 5.53. The predicted octanol–water partition coefficient (Wildman–Crippen LogP) is 6.36. The Kier molecular flexibility index (Phi) is 7.57. The molecule has 1 fully saturated rings. The molecule has 1 aliphatic rings. The molecule has 0 saturated carbocycles. The number of rotatable bonds is 5. The molecule has 4 rings (SSSR count). The van der Waals surface area contributed by atoms with Crippen molar-refractivity contribution in [1.82, 2.24) is 9.88 Å². The van der Waals surface area contributed by atoms with Crippen molar-refractivity contribution in [1.29, 1.82) is 0 Å². The number of piperazine rings is 1. The minimum atomic E-state index is -0.170. The van der Waals surface area contributed by atoms with Gasteiger partial charge in [-0.3, -0.25) is 4.90 Å². The van der Waals surface area contributed by atoms with Crippen molar-refractivity contribution < 1.29 is 5.11 Å². The molecule has 1 N–H and O–H groups in total. The van der Waals surface area contributed by atoms with Gasteiger partial charge >= 0.3 is 0 Å². The van der Waals surface area contributed by atoms with E-state index in [0.717, 1.165) is 43.1 Å². The Bertz CT molecular complexity index is 1150. The third kappa shape index (κ3) is 5.93. The van der Waals surface area contributed by atoms with Crippen LogP contribution in [-0.2, 0) is 10.8 Å². The molecule has 1 atom stereocenters. The smallest absolute Gasteiger partial charge is 0.128 e. The normalized spacial score (nSPS) is 16.1. The number of hydrogen-bond donors (Lipinski definition) is 1. The molecular weight excluding hydrogens is 456 g/mol. The van der Waals surface area contributed by atoms with Gasteiger partial charge in [-0.1, -0.05) is 59.7 Å². The highest BCUT2D eigenvalue weighted by Gasteiger charge is 2.32. The lowest BCUT2D eigenvalue weighted by molar-refractivity contribution is 0.211. The van der Waals surface area contributed by atoms with Crippen LogP contribution in [0.15, 0.2) is 60.8 Å². The molecule has 2 heterocycles. The van der Waals surface area contributed by atoms with E-state index in [1.54, 1.807) is 0 Å². The summed E-state index contributed by atoms with van der Waals surface area (Å²) in [4.78, 5) is 11.7. The van der Waals surface area contributed by atoms with Gasteiger partial charge in [0.2, 0.25) is 0 Å². The molecule has 3 aromatic rings. The highest BCUT2D eigenvalue weighted by Crippen LogP contribution is 2.43. The molecule has 5 heteroatoms. The Labute approximate surface area is 223 Å². The van der Waals surface area contributed by atoms with Crippen molar-refractivity contribution >= 4 is 11.5 Å². The van der Waals surface area contributed by atoms with Crippen LogP contribution in [0.2, 0.25) is 0 Å². The van der Waals surface area contributed by atoms with Crippen molar-refractivity contribution in [3.63, 3.8) is 0 Å². The second-order valence-electron chi connectivity index (χ2n) is 12.6. The first kappa shape index (κ1) is 27.0. The summed E-state index contributed by atoms with van der Waals surface area (Å²) in [6, 6.07) is 19.7. The monoisotopic (exact) mass is 500 g/mol. The van der Waals surface area contributed by atoms with Crippen LogP contribution in [0.4, 0.5) is 11.5 Å². The Hall–Kier alpha value is -3.05. The zero-order chi connectivity index (χ0) is 27.0. The number of pyridine rings is 1. The fraction of sp³-hybridized carbons (Fsp3) is 0.469. The fourth-order valence-electron chi connectivity index (χ4n) is 5.28. The number of benzene rings is 2. The van der Waals surface area contributed by atoms with E-state index in [0.29, 0.717) is 5.75 Å². The molecule has 2 aromatic carbocycles. The van der Waals surface area contributed by atoms with Crippen LogP contribution in [0.25, 0.3) is 0 Å². The summed E-state index contributed by atoms with van der Waals surface area (Å²) in [5, 5.41) is 11.4. The molecule has 1 aromatic heterocycles. The minimum Gasteiger partial charge on any atom is -0.507 e. The lowest BCUT2D eigenvalue weighted by atomic mass is 9.77. The van der Waals surface area contributed by atoms with Gasteiger partial charge in [0.25, 0.3) is 0 Å². The van der Waals surface area contributed by atoms with Gasteiger partial charge in [-0.05, 0) is 69.5 Å². The average Bonchev–Trinajstić information content (AvgIpc) is 2.85. The van der Waals surface area contributed by atoms with E-state index < -0.39 is 0 Å². The van der Waals surface area contributed by atoms with Gasteiger partial charge in [0.15, 0.2) is 0 Å². The summed E-state index contributed by atoms with van der Waals surface area (Å²) in [7, 11) is 4.16. The maximum atomic E-state index is 11.4. The van der Waals surface area contributed by atoms with Crippen molar-refractivity contribution in [2.45, 2.75) is 58.4 Å². The average molecular weight is 501 g/mol. The largest absolute Gasteiger partial charge is 0.507 e. The summed E-state index contributed by atoms with van der Waals surface area (Å²) in [5.41, 5.74) is 5.40. The molecule has 37 heavy (non-hydrogen) atoms. The number of aromatic hydroxyl groups is 1. The summed E-state index contributed by atoms with van der Waals surface area (Å²) < 4.78 is 0. The van der Waals surface area contributed by atoms with Gasteiger partial charge in [-0.2, -0.15) is 0 Å². The Morgan fingerprint density at radius 3 is 1.81 bits per heavy atom. The van der Waals surface area contributed by atoms with Crippen molar-refractivity contribution in [2.24, 2.45) is 0 Å². The van der Waals surface area contributed by atoms with E-state index in [4.69, 9.17) is 0 Å². The number of anilines is 2. The van der Waals surface area contributed by atoms with E-state index in [9.17, 15) is 5.11 Å². The van der Waals surface area contributed by atoms with Crippen molar-refractivity contribution in [3.05, 3.63) is 83.0 Å². The van der Waals surface area contributed by atoms with Gasteiger partial charge in [0.1, 0.15) is 11.6 Å². The topological polar surface area (TPSA) is 42.8 Å². The second-order valence-corrected chi connectivity index (χ2v) is 12.6. The van der Waals surface area contributed by atoms with E-state index in [1.165, 1.54) is 16.8 Å². The van der Waals surface area contributed by atoms with E-state index in [-0.39, 0.29) is 16.9 Å². The minimum absolute atomic E-state index is 0.102. The standard InChI is InChI=1S/C32H44N4O/c1-31(2,3)26-21-24(22-27(30(26)37)32(4,5)6)29(23-12-14-25(15-13-23)34(7)8)36-19-17-35(18-20-36)28-11-9-10-16-33-28/h9-16,21-22,29,37H,17-20H2,1-8H3. The number of hydrogen-bond acceptors (Lipinski definition) is 5. The van der Waals surface area contributed by atoms with Crippen LogP contribution < -0.4 is 9.80 Å². The molecule has 0 aliphatic carbocycles. The molecule has 1 aliphatic heterocycles. The van der Waals surface area contributed by atoms with E-state index in [2.05, 4.69) is 124 Å². The van der Waals surface area contributed by atoms with Crippen LogP contribution in [-0.4, -0.2) is 55.3 Å². The van der Waals surface area contributed by atoms with Crippen LogP contribution in [0.3, 0.4) is 0 Å². The van der Waals surface area contributed by atoms with Crippen LogP contribution in [0, 0.1) is 0 Å². The molecular formula is C32H44N4O. The highest BCUT2D eigenvalue weighted by atomic mass is 16.3. The zero-order valence-electron chi connectivity index (χ0n) is 23.9. The molecule has 0 bridgehead atoms. The Balaban J connectivity index is 1.79. The first-order valence-corrected chi connectivity index (χ1v) is 13.4. The summed E-state index contributed by atoms with van der Waals surface area (Å²) in [6.45, 7) is 16.8. The van der Waals surface area contributed by atoms with E-state index in [1.807, 2.05) is 12.3 Å². The number of phenols is 1. The van der Waals surface area contributed by atoms with Gasteiger partial charge in [-0.15, -0.1) is 0 Å². The first-order chi connectivity index (χ1) is 17.4. The summed E-state index contributed by atoms with van der Waals surface area (Å²) >= 11 is 0. The lowest BCUT2D eigenvalue weighted by Gasteiger charge is -2.41. The Morgan fingerprint density at radius 1 is 0.784 bits per heavy atom. The molecule has 198 valence electrons. The van der Waals surface area contributed by atoms with Crippen LogP contribution >= 0.6 is 0 Å². The SMILES string of the molecule is CN(C)c1ccc(C(c2cc(C(C)(C)C)c(O)c(C(C)(C)C)c2)N2CCN(c3ccccn3)CC2)cc1. The molecule has 5 nitrogen and oxygen atoms in total. The molecule has 0 amide bonds. The Morgan fingerprint density at radius 2 is 1.35 bits per heavy atom. The van der Waals surface area contributed by atoms with Gasteiger partial charge in [-0.25, -0.2) is 4.98 Å². The molecule has 0 spiro atoms. The van der Waals surface area contributed by atoms with Crippen molar-refractivity contribution in [2.75, 3.05) is 50.1 Å². The predicted molar refractivity (Wildman–Crippen MR) is 156 cm³/mol. The first-order valence-electron chi connectivity index (χ1n) is 13.4. The maximum Gasteiger partial charge on any atom is 0.128 e. The second kappa shape index (κ2) is 10.4. The molecule has 1 saturated heterocycles. The third-order valence-electron chi connectivity index (χ3n) is 7.44. The third-order valence-corrected chi connectivity index (χ3v) is 7.44. The lowest BCUT2D eigenvalue weighted by Crippen LogP contribution is -2.48. The molecule has 0 radical (unpaired) electrons. The molecule has 1 unspecified atom stereocenters. The van der Waals surface area contributed by atoms with E-state index >= 15 is 0 Å². The van der Waals surface area contributed by atoms with Gasteiger partial charge in [0, 0.05) is 52.2 Å². The quantitative estimate of drug-likeness (QED) is 0.442. The fourth-order valence-corrected chi connectivity index (χ4v) is 5.28. The summed E-state index contributed by atoms with van der Waals surface area (Å²) in [6.07, 6.45) is 1.87. The van der Waals surface area contributed by atoms with Crippen LogP contribution in [0.1, 0.15) is 69.8 Å².